The lowest BCUT2D eigenvalue weighted by Crippen LogP contribution is -2.02. The molecule has 0 fully saturated rings. The van der Waals surface area contributed by atoms with Gasteiger partial charge < -0.3 is 9.47 Å². The number of rotatable bonds is 4. The van der Waals surface area contributed by atoms with Gasteiger partial charge in [-0.25, -0.2) is 4.79 Å². The lowest BCUT2D eigenvalue weighted by molar-refractivity contribution is 0.0600. The second-order valence-corrected chi connectivity index (χ2v) is 5.24. The Hall–Kier alpha value is -2.88. The van der Waals surface area contributed by atoms with Crippen molar-refractivity contribution in [2.45, 2.75) is 13.5 Å². The highest BCUT2D eigenvalue weighted by Gasteiger charge is 2.07. The normalized spacial score (nSPS) is 10.5. The van der Waals surface area contributed by atoms with Crippen molar-refractivity contribution in [1.82, 2.24) is 4.98 Å². The van der Waals surface area contributed by atoms with Gasteiger partial charge in [-0.2, -0.15) is 0 Å². The van der Waals surface area contributed by atoms with E-state index in [1.807, 2.05) is 37.3 Å². The van der Waals surface area contributed by atoms with Crippen LogP contribution in [0.4, 0.5) is 0 Å². The maximum absolute atomic E-state index is 11.4. The van der Waals surface area contributed by atoms with E-state index in [-0.39, 0.29) is 5.97 Å². The van der Waals surface area contributed by atoms with E-state index in [4.69, 9.17) is 4.74 Å². The number of fused-ring (bicyclic) bond motifs is 1. The van der Waals surface area contributed by atoms with Crippen molar-refractivity contribution in [3.8, 4) is 5.75 Å². The van der Waals surface area contributed by atoms with E-state index >= 15 is 0 Å². The van der Waals surface area contributed by atoms with Gasteiger partial charge in [0, 0.05) is 16.6 Å². The number of carbonyl (C=O) groups excluding carboxylic acids is 1. The molecule has 0 aliphatic rings. The van der Waals surface area contributed by atoms with Crippen LogP contribution in [0.5, 0.6) is 5.75 Å². The maximum atomic E-state index is 11.4. The summed E-state index contributed by atoms with van der Waals surface area (Å²) in [5, 5.41) is 1.09. The lowest BCUT2D eigenvalue weighted by Gasteiger charge is -2.10. The molecule has 0 radical (unpaired) electrons. The van der Waals surface area contributed by atoms with Gasteiger partial charge in [0.05, 0.1) is 18.2 Å². The van der Waals surface area contributed by atoms with E-state index in [0.29, 0.717) is 17.9 Å². The molecule has 0 spiro atoms. The molecule has 1 heterocycles. The summed E-state index contributed by atoms with van der Waals surface area (Å²) < 4.78 is 10.5. The molecule has 4 heteroatoms. The number of hydrogen-bond donors (Lipinski definition) is 0. The first kappa shape index (κ1) is 15.0. The minimum atomic E-state index is -0.354. The highest BCUT2D eigenvalue weighted by atomic mass is 16.5. The molecule has 0 saturated heterocycles. The van der Waals surface area contributed by atoms with E-state index in [1.165, 1.54) is 7.11 Å². The summed E-state index contributed by atoms with van der Waals surface area (Å²) in [7, 11) is 1.36. The first-order valence-corrected chi connectivity index (χ1v) is 7.34. The monoisotopic (exact) mass is 307 g/mol. The standard InChI is InChI=1S/C19H17NO3/c1-13-11-15(17-5-3-4-6-18(17)20-13)12-23-16-9-7-14(8-10-16)19(21)22-2/h3-11H,12H2,1-2H3. The zero-order valence-electron chi connectivity index (χ0n) is 13.1. The number of para-hydroxylation sites is 1. The molecule has 0 amide bonds. The third-order valence-electron chi connectivity index (χ3n) is 3.60. The predicted molar refractivity (Wildman–Crippen MR) is 88.6 cm³/mol. The van der Waals surface area contributed by atoms with Crippen LogP contribution < -0.4 is 4.74 Å². The van der Waals surface area contributed by atoms with Gasteiger partial charge in [0.2, 0.25) is 0 Å². The van der Waals surface area contributed by atoms with Crippen LogP contribution in [0.3, 0.4) is 0 Å². The molecule has 0 atom stereocenters. The van der Waals surface area contributed by atoms with Gasteiger partial charge in [0.15, 0.2) is 0 Å². The average molecular weight is 307 g/mol. The second kappa shape index (κ2) is 6.48. The van der Waals surface area contributed by atoms with Crippen molar-refractivity contribution in [3.05, 3.63) is 71.4 Å². The third-order valence-corrected chi connectivity index (χ3v) is 3.60. The van der Waals surface area contributed by atoms with Gasteiger partial charge in [-0.15, -0.1) is 0 Å². The molecule has 4 nitrogen and oxygen atoms in total. The largest absolute Gasteiger partial charge is 0.489 e. The zero-order valence-corrected chi connectivity index (χ0v) is 13.1. The molecule has 3 rings (SSSR count). The van der Waals surface area contributed by atoms with Crippen LogP contribution in [0, 0.1) is 6.92 Å². The summed E-state index contributed by atoms with van der Waals surface area (Å²) in [4.78, 5) is 15.9. The number of esters is 1. The molecule has 23 heavy (non-hydrogen) atoms. The van der Waals surface area contributed by atoms with Crippen molar-refractivity contribution in [3.63, 3.8) is 0 Å². The van der Waals surface area contributed by atoms with Crippen LogP contribution in [-0.2, 0) is 11.3 Å². The number of benzene rings is 2. The molecular weight excluding hydrogens is 290 g/mol. The van der Waals surface area contributed by atoms with Crippen LogP contribution in [0.2, 0.25) is 0 Å². The van der Waals surface area contributed by atoms with Gasteiger partial charge in [-0.1, -0.05) is 18.2 Å². The highest BCUT2D eigenvalue weighted by Crippen LogP contribution is 2.21. The minimum absolute atomic E-state index is 0.354. The van der Waals surface area contributed by atoms with Crippen LogP contribution in [0.25, 0.3) is 10.9 Å². The summed E-state index contributed by atoms with van der Waals surface area (Å²) in [6.45, 7) is 2.42. The number of aryl methyl sites for hydroxylation is 1. The summed E-state index contributed by atoms with van der Waals surface area (Å²) in [5.74, 6) is 0.350. The van der Waals surface area contributed by atoms with Gasteiger partial charge in [0.25, 0.3) is 0 Å². The van der Waals surface area contributed by atoms with E-state index in [0.717, 1.165) is 22.2 Å². The Morgan fingerprint density at radius 2 is 1.83 bits per heavy atom. The second-order valence-electron chi connectivity index (χ2n) is 5.24. The molecule has 0 aliphatic carbocycles. The molecule has 0 N–H and O–H groups in total. The summed E-state index contributed by atoms with van der Waals surface area (Å²) >= 11 is 0. The van der Waals surface area contributed by atoms with Crippen LogP contribution >= 0.6 is 0 Å². The topological polar surface area (TPSA) is 48.4 Å². The Morgan fingerprint density at radius 3 is 2.57 bits per heavy atom. The molecule has 0 unspecified atom stereocenters. The Balaban J connectivity index is 1.79. The van der Waals surface area contributed by atoms with Crippen molar-refractivity contribution < 1.29 is 14.3 Å². The van der Waals surface area contributed by atoms with Gasteiger partial charge >= 0.3 is 5.97 Å². The molecular formula is C19H17NO3. The number of methoxy groups -OCH3 is 1. The summed E-state index contributed by atoms with van der Waals surface area (Å²) in [5.41, 5.74) is 3.52. The van der Waals surface area contributed by atoms with E-state index in [1.54, 1.807) is 24.3 Å². The molecule has 3 aromatic rings. The number of carbonyl (C=O) groups is 1. The summed E-state index contributed by atoms with van der Waals surface area (Å²) in [6, 6.07) is 17.0. The zero-order chi connectivity index (χ0) is 16.2. The molecule has 0 saturated carbocycles. The number of nitrogens with zero attached hydrogens (tertiary/aromatic N) is 1. The van der Waals surface area contributed by atoms with E-state index in [9.17, 15) is 4.79 Å². The van der Waals surface area contributed by atoms with Gasteiger partial charge in [0.1, 0.15) is 12.4 Å². The molecule has 0 bridgehead atoms. The van der Waals surface area contributed by atoms with Crippen molar-refractivity contribution in [2.24, 2.45) is 0 Å². The van der Waals surface area contributed by atoms with Crippen molar-refractivity contribution in [1.29, 1.82) is 0 Å². The molecule has 116 valence electrons. The highest BCUT2D eigenvalue weighted by molar-refractivity contribution is 5.89. The first-order valence-electron chi connectivity index (χ1n) is 7.34. The third kappa shape index (κ3) is 3.31. The van der Waals surface area contributed by atoms with Gasteiger partial charge in [-0.3, -0.25) is 4.98 Å². The van der Waals surface area contributed by atoms with Crippen LogP contribution in [0.1, 0.15) is 21.6 Å². The SMILES string of the molecule is COC(=O)c1ccc(OCc2cc(C)nc3ccccc23)cc1. The number of ether oxygens (including phenoxy) is 2. The Kier molecular flexibility index (Phi) is 4.24. The predicted octanol–water partition coefficient (Wildman–Crippen LogP) is 3.91. The number of hydrogen-bond acceptors (Lipinski definition) is 4. The quantitative estimate of drug-likeness (QED) is 0.686. The number of pyridine rings is 1. The fourth-order valence-corrected chi connectivity index (χ4v) is 2.48. The average Bonchev–Trinajstić information content (AvgIpc) is 2.59. The molecule has 1 aromatic heterocycles. The first-order chi connectivity index (χ1) is 11.2. The van der Waals surface area contributed by atoms with Crippen molar-refractivity contribution >= 4 is 16.9 Å². The minimum Gasteiger partial charge on any atom is -0.489 e. The fraction of sp³-hybridized carbons (Fsp3) is 0.158. The van der Waals surface area contributed by atoms with Gasteiger partial charge in [-0.05, 0) is 43.3 Å². The fourth-order valence-electron chi connectivity index (χ4n) is 2.48. The molecule has 0 aliphatic heterocycles. The van der Waals surface area contributed by atoms with E-state index in [2.05, 4.69) is 9.72 Å². The summed E-state index contributed by atoms with van der Waals surface area (Å²) in [6.07, 6.45) is 0. The van der Waals surface area contributed by atoms with E-state index < -0.39 is 0 Å². The van der Waals surface area contributed by atoms with Crippen molar-refractivity contribution in [2.75, 3.05) is 7.11 Å². The van der Waals surface area contributed by atoms with Crippen LogP contribution in [0.15, 0.2) is 54.6 Å². The molecule has 2 aromatic carbocycles. The lowest BCUT2D eigenvalue weighted by atomic mass is 10.1. The Labute approximate surface area is 134 Å². The maximum Gasteiger partial charge on any atom is 0.337 e. The Bertz CT molecular complexity index is 841. The Morgan fingerprint density at radius 1 is 1.09 bits per heavy atom. The smallest absolute Gasteiger partial charge is 0.337 e. The van der Waals surface area contributed by atoms with Crippen LogP contribution in [-0.4, -0.2) is 18.1 Å². The number of aromatic nitrogens is 1.